The van der Waals surface area contributed by atoms with Gasteiger partial charge in [0.2, 0.25) is 0 Å². The van der Waals surface area contributed by atoms with E-state index in [1.807, 2.05) is 0 Å². The number of benzene rings is 1. The lowest BCUT2D eigenvalue weighted by Gasteiger charge is -2.10. The highest BCUT2D eigenvalue weighted by molar-refractivity contribution is 5.56. The van der Waals surface area contributed by atoms with Crippen molar-refractivity contribution in [2.24, 2.45) is 7.05 Å². The van der Waals surface area contributed by atoms with Gasteiger partial charge in [-0.15, -0.1) is 0 Å². The van der Waals surface area contributed by atoms with Crippen LogP contribution in [0, 0.1) is 0 Å². The molecule has 1 heterocycles. The molecule has 100 valence electrons. The van der Waals surface area contributed by atoms with Crippen LogP contribution in [0.2, 0.25) is 0 Å². The maximum Gasteiger partial charge on any atom is 0.416 e. The normalized spacial score (nSPS) is 11.4. The fourth-order valence-corrected chi connectivity index (χ4v) is 1.49. The zero-order valence-electron chi connectivity index (χ0n) is 9.90. The minimum Gasteiger partial charge on any atom is -0.336 e. The summed E-state index contributed by atoms with van der Waals surface area (Å²) in [6.07, 6.45) is -1.58. The standard InChI is InChI=1S/C12H10F3N3O/c1-18-6-5-16-10(11(18)19)17-9-4-2-3-8(7-9)12(13,14)15/h2-7H,1H3,(H,16,17). The number of nitrogens with zero attached hydrogens (tertiary/aromatic N) is 2. The number of aromatic nitrogens is 2. The van der Waals surface area contributed by atoms with Crippen molar-refractivity contribution in [2.45, 2.75) is 6.18 Å². The van der Waals surface area contributed by atoms with E-state index < -0.39 is 17.3 Å². The first kappa shape index (κ1) is 13.1. The molecular weight excluding hydrogens is 259 g/mol. The third-order valence-electron chi connectivity index (χ3n) is 2.47. The largest absolute Gasteiger partial charge is 0.416 e. The summed E-state index contributed by atoms with van der Waals surface area (Å²) in [5.41, 5.74) is -1.05. The van der Waals surface area contributed by atoms with Crippen molar-refractivity contribution in [1.82, 2.24) is 9.55 Å². The lowest BCUT2D eigenvalue weighted by Crippen LogP contribution is -2.20. The van der Waals surface area contributed by atoms with Gasteiger partial charge in [-0.3, -0.25) is 4.79 Å². The van der Waals surface area contributed by atoms with Crippen LogP contribution in [0.25, 0.3) is 0 Å². The molecule has 0 saturated heterocycles. The first-order valence-corrected chi connectivity index (χ1v) is 5.34. The molecule has 0 aliphatic rings. The van der Waals surface area contributed by atoms with E-state index in [1.54, 1.807) is 0 Å². The van der Waals surface area contributed by atoms with Gasteiger partial charge < -0.3 is 9.88 Å². The van der Waals surface area contributed by atoms with Crippen LogP contribution in [-0.4, -0.2) is 9.55 Å². The van der Waals surface area contributed by atoms with Gasteiger partial charge in [0.25, 0.3) is 5.56 Å². The zero-order chi connectivity index (χ0) is 14.0. The molecule has 2 aromatic rings. The second-order valence-corrected chi connectivity index (χ2v) is 3.90. The van der Waals surface area contributed by atoms with Crippen molar-refractivity contribution in [1.29, 1.82) is 0 Å². The van der Waals surface area contributed by atoms with E-state index in [1.165, 1.54) is 36.1 Å². The number of nitrogens with one attached hydrogen (secondary N) is 1. The molecule has 19 heavy (non-hydrogen) atoms. The van der Waals surface area contributed by atoms with Crippen molar-refractivity contribution in [3.8, 4) is 0 Å². The third-order valence-corrected chi connectivity index (χ3v) is 2.47. The van der Waals surface area contributed by atoms with E-state index in [0.717, 1.165) is 12.1 Å². The second kappa shape index (κ2) is 4.75. The maximum atomic E-state index is 12.5. The Morgan fingerprint density at radius 1 is 1.32 bits per heavy atom. The topological polar surface area (TPSA) is 46.9 Å². The van der Waals surface area contributed by atoms with Crippen LogP contribution < -0.4 is 10.9 Å². The van der Waals surface area contributed by atoms with Gasteiger partial charge in [0.05, 0.1) is 5.56 Å². The van der Waals surface area contributed by atoms with E-state index in [0.29, 0.717) is 0 Å². The lowest BCUT2D eigenvalue weighted by atomic mass is 10.2. The minimum absolute atomic E-state index is 0.0238. The van der Waals surface area contributed by atoms with Gasteiger partial charge in [0, 0.05) is 25.1 Å². The number of anilines is 2. The Kier molecular flexibility index (Phi) is 3.28. The fourth-order valence-electron chi connectivity index (χ4n) is 1.49. The van der Waals surface area contributed by atoms with Crippen molar-refractivity contribution in [3.05, 3.63) is 52.6 Å². The van der Waals surface area contributed by atoms with E-state index in [4.69, 9.17) is 0 Å². The summed E-state index contributed by atoms with van der Waals surface area (Å²) in [5, 5.41) is 2.58. The van der Waals surface area contributed by atoms with Crippen LogP contribution in [-0.2, 0) is 13.2 Å². The summed E-state index contributed by atoms with van der Waals surface area (Å²) in [7, 11) is 1.53. The number of rotatable bonds is 2. The molecule has 0 radical (unpaired) electrons. The molecule has 0 bridgehead atoms. The Labute approximate surface area is 106 Å². The van der Waals surface area contributed by atoms with E-state index in [-0.39, 0.29) is 11.5 Å². The molecule has 0 amide bonds. The zero-order valence-corrected chi connectivity index (χ0v) is 9.90. The monoisotopic (exact) mass is 269 g/mol. The lowest BCUT2D eigenvalue weighted by molar-refractivity contribution is -0.137. The summed E-state index contributed by atoms with van der Waals surface area (Å²) in [4.78, 5) is 15.5. The van der Waals surface area contributed by atoms with Gasteiger partial charge in [-0.1, -0.05) is 6.07 Å². The SMILES string of the molecule is Cn1ccnc(Nc2cccc(C(F)(F)F)c2)c1=O. The molecule has 0 spiro atoms. The van der Waals surface area contributed by atoms with Crippen LogP contribution >= 0.6 is 0 Å². The van der Waals surface area contributed by atoms with E-state index >= 15 is 0 Å². The highest BCUT2D eigenvalue weighted by Crippen LogP contribution is 2.30. The van der Waals surface area contributed by atoms with Crippen molar-refractivity contribution in [2.75, 3.05) is 5.32 Å². The van der Waals surface area contributed by atoms with Crippen molar-refractivity contribution >= 4 is 11.5 Å². The first-order chi connectivity index (χ1) is 8.88. The molecule has 1 N–H and O–H groups in total. The number of aryl methyl sites for hydroxylation is 1. The highest BCUT2D eigenvalue weighted by Gasteiger charge is 2.30. The number of halogens is 3. The molecule has 0 unspecified atom stereocenters. The van der Waals surface area contributed by atoms with Gasteiger partial charge in [-0.05, 0) is 18.2 Å². The molecule has 0 aliphatic carbocycles. The average molecular weight is 269 g/mol. The van der Waals surface area contributed by atoms with Gasteiger partial charge in [0.15, 0.2) is 5.82 Å². The van der Waals surface area contributed by atoms with Crippen LogP contribution in [0.15, 0.2) is 41.5 Å². The predicted octanol–water partition coefficient (Wildman–Crippen LogP) is 2.54. The van der Waals surface area contributed by atoms with Gasteiger partial charge in [0.1, 0.15) is 0 Å². The quantitative estimate of drug-likeness (QED) is 0.911. The van der Waals surface area contributed by atoms with Crippen molar-refractivity contribution < 1.29 is 13.2 Å². The molecule has 2 rings (SSSR count). The van der Waals surface area contributed by atoms with Crippen LogP contribution in [0.1, 0.15) is 5.56 Å². The summed E-state index contributed by atoms with van der Waals surface area (Å²) >= 11 is 0. The molecule has 1 aromatic heterocycles. The Hall–Kier alpha value is -2.31. The van der Waals surface area contributed by atoms with Gasteiger partial charge in [-0.25, -0.2) is 4.98 Å². The molecular formula is C12H10F3N3O. The van der Waals surface area contributed by atoms with Gasteiger partial charge in [-0.2, -0.15) is 13.2 Å². The Morgan fingerprint density at radius 3 is 2.74 bits per heavy atom. The Balaban J connectivity index is 2.34. The second-order valence-electron chi connectivity index (χ2n) is 3.90. The van der Waals surface area contributed by atoms with Crippen LogP contribution in [0.5, 0.6) is 0 Å². The smallest absolute Gasteiger partial charge is 0.336 e. The molecule has 0 fully saturated rings. The van der Waals surface area contributed by atoms with Crippen molar-refractivity contribution in [3.63, 3.8) is 0 Å². The minimum atomic E-state index is -4.42. The van der Waals surface area contributed by atoms with Crippen LogP contribution in [0.4, 0.5) is 24.7 Å². The highest BCUT2D eigenvalue weighted by atomic mass is 19.4. The summed E-state index contributed by atoms with van der Waals surface area (Å²) in [6, 6.07) is 4.58. The summed E-state index contributed by atoms with van der Waals surface area (Å²) in [5.74, 6) is -0.0238. The number of hydrogen-bond acceptors (Lipinski definition) is 3. The third kappa shape index (κ3) is 2.93. The van der Waals surface area contributed by atoms with Gasteiger partial charge >= 0.3 is 6.18 Å². The average Bonchev–Trinajstić information content (AvgIpc) is 2.34. The molecule has 1 aromatic carbocycles. The Morgan fingerprint density at radius 2 is 2.05 bits per heavy atom. The molecule has 0 saturated carbocycles. The Bertz CT molecular complexity index is 649. The maximum absolute atomic E-state index is 12.5. The predicted molar refractivity (Wildman–Crippen MR) is 64.2 cm³/mol. The summed E-state index contributed by atoms with van der Waals surface area (Å²) in [6.45, 7) is 0. The van der Waals surface area contributed by atoms with E-state index in [2.05, 4.69) is 10.3 Å². The number of hydrogen-bond donors (Lipinski definition) is 1. The molecule has 4 nitrogen and oxygen atoms in total. The fraction of sp³-hybridized carbons (Fsp3) is 0.167. The molecule has 0 atom stereocenters. The summed E-state index contributed by atoms with van der Waals surface area (Å²) < 4.78 is 38.9. The molecule has 0 aliphatic heterocycles. The number of alkyl halides is 3. The van der Waals surface area contributed by atoms with E-state index in [9.17, 15) is 18.0 Å². The van der Waals surface area contributed by atoms with Crippen LogP contribution in [0.3, 0.4) is 0 Å². The first-order valence-electron chi connectivity index (χ1n) is 5.34. The molecule has 7 heteroatoms.